The lowest BCUT2D eigenvalue weighted by Gasteiger charge is -2.23. The molecule has 2 aromatic rings. The van der Waals surface area contributed by atoms with Crippen molar-refractivity contribution < 1.29 is 19.5 Å². The first-order valence-corrected chi connectivity index (χ1v) is 12.6. The van der Waals surface area contributed by atoms with E-state index in [0.29, 0.717) is 22.6 Å². The van der Waals surface area contributed by atoms with Gasteiger partial charge >= 0.3 is 5.97 Å². The molecule has 7 nitrogen and oxygen atoms in total. The highest BCUT2D eigenvalue weighted by Crippen LogP contribution is 2.25. The number of hydrogen-bond acceptors (Lipinski definition) is 5. The van der Waals surface area contributed by atoms with Crippen LogP contribution in [0.15, 0.2) is 41.5 Å². The molecule has 1 aliphatic rings. The van der Waals surface area contributed by atoms with Crippen LogP contribution in [0.1, 0.15) is 89.0 Å². The monoisotopic (exact) mass is 491 g/mol. The van der Waals surface area contributed by atoms with Crippen LogP contribution in [0, 0.1) is 19.8 Å². The van der Waals surface area contributed by atoms with Gasteiger partial charge in [-0.3, -0.25) is 19.4 Å². The highest BCUT2D eigenvalue weighted by molar-refractivity contribution is 6.02. The van der Waals surface area contributed by atoms with Gasteiger partial charge in [0.25, 0.3) is 5.91 Å². The van der Waals surface area contributed by atoms with E-state index in [1.54, 1.807) is 29.4 Å². The second-order valence-electron chi connectivity index (χ2n) is 10.2. The number of aryl methyl sites for hydroxylation is 3. The van der Waals surface area contributed by atoms with Crippen LogP contribution in [0.2, 0.25) is 0 Å². The van der Waals surface area contributed by atoms with Gasteiger partial charge in [0.05, 0.1) is 12.6 Å². The van der Waals surface area contributed by atoms with E-state index >= 15 is 0 Å². The molecule has 2 atom stereocenters. The van der Waals surface area contributed by atoms with E-state index in [9.17, 15) is 19.5 Å². The fourth-order valence-corrected chi connectivity index (χ4v) is 4.59. The molecule has 1 aliphatic heterocycles. The number of nitrogens with one attached hydrogen (secondary N) is 1. The van der Waals surface area contributed by atoms with E-state index in [1.165, 1.54) is 0 Å². The van der Waals surface area contributed by atoms with Crippen molar-refractivity contribution in [2.24, 2.45) is 11.0 Å². The Morgan fingerprint density at radius 3 is 2.39 bits per heavy atom. The summed E-state index contributed by atoms with van der Waals surface area (Å²) in [5.41, 5.74) is 4.67. The van der Waals surface area contributed by atoms with Gasteiger partial charge in [-0.05, 0) is 56.7 Å². The Labute approximate surface area is 213 Å². The lowest BCUT2D eigenvalue weighted by molar-refractivity contribution is -0.136. The number of ketones is 1. The predicted molar refractivity (Wildman–Crippen MR) is 142 cm³/mol. The zero-order valence-corrected chi connectivity index (χ0v) is 21.9. The summed E-state index contributed by atoms with van der Waals surface area (Å²) in [6.07, 6.45) is 3.46. The van der Waals surface area contributed by atoms with Gasteiger partial charge in [-0.15, -0.1) is 0 Å². The average molecular weight is 492 g/mol. The van der Waals surface area contributed by atoms with E-state index in [2.05, 4.69) is 42.5 Å². The minimum atomic E-state index is -0.935. The van der Waals surface area contributed by atoms with E-state index in [-0.39, 0.29) is 43.2 Å². The number of nitrogens with zero attached hydrogens (tertiary/aromatic N) is 2. The van der Waals surface area contributed by atoms with E-state index in [1.807, 2.05) is 20.8 Å². The van der Waals surface area contributed by atoms with Crippen molar-refractivity contribution in [3.8, 4) is 0 Å². The maximum atomic E-state index is 13.6. The first-order chi connectivity index (χ1) is 17.0. The molecule has 0 aliphatic carbocycles. The van der Waals surface area contributed by atoms with E-state index in [0.717, 1.165) is 29.5 Å². The Kier molecular flexibility index (Phi) is 9.02. The van der Waals surface area contributed by atoms with Crippen molar-refractivity contribution in [3.63, 3.8) is 0 Å². The van der Waals surface area contributed by atoms with Crippen molar-refractivity contribution in [1.82, 2.24) is 10.3 Å². The van der Waals surface area contributed by atoms with Crippen molar-refractivity contribution >= 4 is 23.9 Å². The Bertz CT molecular complexity index is 1130. The minimum Gasteiger partial charge on any atom is -0.481 e. The molecular weight excluding hydrogens is 454 g/mol. The molecule has 2 aromatic carbocycles. The first-order valence-electron chi connectivity index (χ1n) is 12.6. The van der Waals surface area contributed by atoms with Gasteiger partial charge < -0.3 is 10.4 Å². The van der Waals surface area contributed by atoms with Crippen LogP contribution in [-0.2, 0) is 11.2 Å². The molecule has 1 amide bonds. The molecule has 36 heavy (non-hydrogen) atoms. The largest absolute Gasteiger partial charge is 0.481 e. The van der Waals surface area contributed by atoms with Crippen LogP contribution in [0.25, 0.3) is 0 Å². The van der Waals surface area contributed by atoms with Gasteiger partial charge in [-0.2, -0.15) is 5.10 Å². The fourth-order valence-electron chi connectivity index (χ4n) is 4.59. The second kappa shape index (κ2) is 12.0. The van der Waals surface area contributed by atoms with Crippen LogP contribution in [0.5, 0.6) is 0 Å². The molecular formula is C29H37N3O4. The summed E-state index contributed by atoms with van der Waals surface area (Å²) in [4.78, 5) is 37.9. The first kappa shape index (κ1) is 27.1. The minimum absolute atomic E-state index is 0.0971. The highest BCUT2D eigenvalue weighted by atomic mass is 16.4. The molecule has 0 saturated carbocycles. The molecule has 3 rings (SSSR count). The Balaban J connectivity index is 1.91. The standard InChI is InChI=1S/C29H37N3O4/c1-18(2)12-26(24-14-19(3)13-20(4)15-24)31-29(36)25-16-23(7-6-22(25)8-9-28(34)35)27(33)17-32-21(5)10-11-30-32/h6-7,11,13-16,18,21,26H,8-10,12,17H2,1-5H3,(H,31,36)(H,34,35). The molecule has 7 heteroatoms. The number of amides is 1. The molecule has 0 bridgehead atoms. The summed E-state index contributed by atoms with van der Waals surface area (Å²) in [6.45, 7) is 10.4. The maximum absolute atomic E-state index is 13.6. The van der Waals surface area contributed by atoms with Crippen LogP contribution in [-0.4, -0.2) is 46.6 Å². The van der Waals surface area contributed by atoms with Gasteiger partial charge in [0, 0.05) is 36.2 Å². The van der Waals surface area contributed by atoms with Crippen LogP contribution in [0.3, 0.4) is 0 Å². The Hall–Kier alpha value is -3.48. The number of benzene rings is 2. The van der Waals surface area contributed by atoms with Crippen LogP contribution in [0.4, 0.5) is 0 Å². The average Bonchev–Trinajstić information content (AvgIpc) is 3.20. The second-order valence-corrected chi connectivity index (χ2v) is 10.2. The number of carbonyl (C=O) groups excluding carboxylic acids is 2. The molecule has 0 radical (unpaired) electrons. The molecule has 0 saturated heterocycles. The molecule has 0 spiro atoms. The summed E-state index contributed by atoms with van der Waals surface area (Å²) in [5, 5.41) is 18.4. The lowest BCUT2D eigenvalue weighted by Crippen LogP contribution is -2.31. The molecule has 2 unspecified atom stereocenters. The third-order valence-electron chi connectivity index (χ3n) is 6.43. The maximum Gasteiger partial charge on any atom is 0.303 e. The van der Waals surface area contributed by atoms with Crippen molar-refractivity contribution in [1.29, 1.82) is 0 Å². The quantitative estimate of drug-likeness (QED) is 0.426. The summed E-state index contributed by atoms with van der Waals surface area (Å²) >= 11 is 0. The van der Waals surface area contributed by atoms with Crippen LogP contribution < -0.4 is 5.32 Å². The van der Waals surface area contributed by atoms with Gasteiger partial charge in [0.15, 0.2) is 5.78 Å². The molecule has 0 aromatic heterocycles. The third-order valence-corrected chi connectivity index (χ3v) is 6.43. The normalized spacial score (nSPS) is 15.8. The number of Topliss-reactive ketones (excluding diaryl/α,β-unsaturated/α-hetero) is 1. The Morgan fingerprint density at radius 1 is 1.11 bits per heavy atom. The third kappa shape index (κ3) is 7.26. The number of carboxylic acids is 1. The van der Waals surface area contributed by atoms with Crippen LogP contribution >= 0.6 is 0 Å². The smallest absolute Gasteiger partial charge is 0.303 e. The van der Waals surface area contributed by atoms with Gasteiger partial charge in [-0.1, -0.05) is 55.3 Å². The SMILES string of the molecule is Cc1cc(C)cc(C(CC(C)C)NC(=O)c2cc(C(=O)CN3N=CCC3C)ccc2CCC(=O)O)c1. The molecule has 2 N–H and O–H groups in total. The molecule has 1 heterocycles. The molecule has 0 fully saturated rings. The van der Waals surface area contributed by atoms with Gasteiger partial charge in [0.1, 0.15) is 0 Å². The zero-order chi connectivity index (χ0) is 26.4. The van der Waals surface area contributed by atoms with Crippen molar-refractivity contribution in [2.45, 2.75) is 72.4 Å². The van der Waals surface area contributed by atoms with Gasteiger partial charge in [-0.25, -0.2) is 0 Å². The van der Waals surface area contributed by atoms with E-state index < -0.39 is 5.97 Å². The van der Waals surface area contributed by atoms with Crippen molar-refractivity contribution in [3.05, 3.63) is 69.8 Å². The lowest BCUT2D eigenvalue weighted by atomic mass is 9.93. The number of rotatable bonds is 11. The Morgan fingerprint density at radius 2 is 1.81 bits per heavy atom. The van der Waals surface area contributed by atoms with Crippen molar-refractivity contribution in [2.75, 3.05) is 6.54 Å². The zero-order valence-electron chi connectivity index (χ0n) is 21.9. The summed E-state index contributed by atoms with van der Waals surface area (Å²) in [7, 11) is 0. The fraction of sp³-hybridized carbons (Fsp3) is 0.448. The topological polar surface area (TPSA) is 99.1 Å². The number of carbonyl (C=O) groups is 3. The predicted octanol–water partition coefficient (Wildman–Crippen LogP) is 5.10. The molecule has 192 valence electrons. The highest BCUT2D eigenvalue weighted by Gasteiger charge is 2.23. The number of aliphatic carboxylic acids is 1. The summed E-state index contributed by atoms with van der Waals surface area (Å²) in [5.74, 6) is -1.02. The number of hydrazone groups is 1. The summed E-state index contributed by atoms with van der Waals surface area (Å²) in [6, 6.07) is 11.2. The summed E-state index contributed by atoms with van der Waals surface area (Å²) < 4.78 is 0. The van der Waals surface area contributed by atoms with E-state index in [4.69, 9.17) is 0 Å². The number of hydrogen-bond donors (Lipinski definition) is 2. The van der Waals surface area contributed by atoms with Gasteiger partial charge in [0.2, 0.25) is 0 Å². The number of carboxylic acid groups (broad SMARTS) is 1.